The molecule has 1 fully saturated rings. The topological polar surface area (TPSA) is 80.6 Å². The molecule has 0 saturated carbocycles. The van der Waals surface area contributed by atoms with E-state index in [0.717, 1.165) is 37.8 Å². The number of imidazole rings is 1. The second-order valence-corrected chi connectivity index (χ2v) is 10.2. The first-order valence-electron chi connectivity index (χ1n) is 12.9. The van der Waals surface area contributed by atoms with Crippen LogP contribution < -0.4 is 10.6 Å². The molecule has 3 aromatic heterocycles. The first-order valence-corrected chi connectivity index (χ1v) is 12.9. The van der Waals surface area contributed by atoms with Gasteiger partial charge in [0.15, 0.2) is 11.6 Å². The summed E-state index contributed by atoms with van der Waals surface area (Å²) in [6.45, 7) is 12.2. The van der Waals surface area contributed by atoms with Crippen LogP contribution in [0, 0.1) is 31.4 Å². The molecule has 1 atom stereocenters. The Morgan fingerprint density at radius 2 is 1.76 bits per heavy atom. The van der Waals surface area contributed by atoms with Gasteiger partial charge in [-0.25, -0.2) is 28.7 Å². The molecule has 9 heteroatoms. The summed E-state index contributed by atoms with van der Waals surface area (Å²) >= 11 is 0. The van der Waals surface area contributed by atoms with Gasteiger partial charge in [0.05, 0.1) is 11.7 Å². The van der Waals surface area contributed by atoms with E-state index in [1.54, 1.807) is 6.07 Å². The first-order chi connectivity index (χ1) is 17.7. The Kier molecular flexibility index (Phi) is 6.90. The van der Waals surface area contributed by atoms with Gasteiger partial charge in [-0.3, -0.25) is 0 Å². The van der Waals surface area contributed by atoms with Crippen LogP contribution in [-0.2, 0) is 0 Å². The zero-order chi connectivity index (χ0) is 26.3. The second kappa shape index (κ2) is 10.1. The van der Waals surface area contributed by atoms with Crippen molar-refractivity contribution in [3.05, 3.63) is 59.2 Å². The van der Waals surface area contributed by atoms with Crippen LogP contribution >= 0.6 is 0 Å². The van der Waals surface area contributed by atoms with Crippen LogP contribution in [0.1, 0.15) is 62.7 Å². The van der Waals surface area contributed by atoms with E-state index in [9.17, 15) is 8.78 Å². The molecule has 1 aliphatic rings. The van der Waals surface area contributed by atoms with E-state index in [1.807, 2.05) is 38.3 Å². The summed E-state index contributed by atoms with van der Waals surface area (Å²) in [7, 11) is 0. The number of aryl methyl sites for hydroxylation is 2. The molecule has 1 saturated heterocycles. The molecule has 5 rings (SSSR count). The van der Waals surface area contributed by atoms with Crippen molar-refractivity contribution in [3.63, 3.8) is 0 Å². The van der Waals surface area contributed by atoms with Crippen molar-refractivity contribution in [1.82, 2.24) is 29.8 Å². The first kappa shape index (κ1) is 25.2. The van der Waals surface area contributed by atoms with E-state index in [1.165, 1.54) is 11.6 Å². The van der Waals surface area contributed by atoms with Gasteiger partial charge in [0.2, 0.25) is 5.95 Å². The zero-order valence-electron chi connectivity index (χ0n) is 21.9. The monoisotopic (exact) mass is 505 g/mol. The molecular weight excluding hydrogens is 472 g/mol. The normalized spacial score (nSPS) is 15.5. The smallest absolute Gasteiger partial charge is 0.229 e. The Bertz CT molecular complexity index is 1440. The van der Waals surface area contributed by atoms with Crippen molar-refractivity contribution in [2.24, 2.45) is 5.92 Å². The predicted molar refractivity (Wildman–Crippen MR) is 142 cm³/mol. The van der Waals surface area contributed by atoms with Crippen molar-refractivity contribution >= 4 is 22.8 Å². The quantitative estimate of drug-likeness (QED) is 0.324. The SMILES string of the molecule is Cc1nc(Nc2ncc(F)c(-c3cc(F)c4nc(C)n(C(C)C)c4c3)n2)ccc1C(C)C1CCNCC1. The number of hydrogen-bond donors (Lipinski definition) is 2. The number of nitrogens with one attached hydrogen (secondary N) is 2. The number of pyridine rings is 1. The number of fused-ring (bicyclic) bond motifs is 1. The molecule has 4 aromatic rings. The van der Waals surface area contributed by atoms with E-state index < -0.39 is 11.6 Å². The van der Waals surface area contributed by atoms with Crippen LogP contribution in [-0.4, -0.2) is 37.6 Å². The summed E-state index contributed by atoms with van der Waals surface area (Å²) in [5.41, 5.74) is 3.39. The lowest BCUT2D eigenvalue weighted by Crippen LogP contribution is -2.30. The van der Waals surface area contributed by atoms with Gasteiger partial charge in [0.1, 0.15) is 22.9 Å². The average molecular weight is 506 g/mol. The fourth-order valence-corrected chi connectivity index (χ4v) is 5.52. The number of rotatable bonds is 6. The van der Waals surface area contributed by atoms with Crippen LogP contribution in [0.2, 0.25) is 0 Å². The lowest BCUT2D eigenvalue weighted by atomic mass is 9.81. The van der Waals surface area contributed by atoms with E-state index in [4.69, 9.17) is 4.98 Å². The maximum absolute atomic E-state index is 15.0. The molecule has 0 aliphatic carbocycles. The van der Waals surface area contributed by atoms with Crippen LogP contribution in [0.15, 0.2) is 30.5 Å². The van der Waals surface area contributed by atoms with Crippen molar-refractivity contribution in [2.75, 3.05) is 18.4 Å². The number of hydrogen-bond acceptors (Lipinski definition) is 6. The van der Waals surface area contributed by atoms with E-state index in [0.29, 0.717) is 34.6 Å². The van der Waals surface area contributed by atoms with Crippen LogP contribution in [0.25, 0.3) is 22.3 Å². The molecule has 0 spiro atoms. The molecule has 1 unspecified atom stereocenters. The molecule has 194 valence electrons. The molecule has 0 bridgehead atoms. The number of anilines is 2. The highest BCUT2D eigenvalue weighted by Gasteiger charge is 2.23. The molecule has 4 heterocycles. The molecule has 0 amide bonds. The van der Waals surface area contributed by atoms with Crippen molar-refractivity contribution in [1.29, 1.82) is 0 Å². The van der Waals surface area contributed by atoms with Gasteiger partial charge in [-0.15, -0.1) is 0 Å². The number of benzene rings is 1. The maximum atomic E-state index is 15.0. The summed E-state index contributed by atoms with van der Waals surface area (Å²) in [5.74, 6) is 1.38. The molecular formula is C28H33F2N7. The van der Waals surface area contributed by atoms with Gasteiger partial charge in [0, 0.05) is 17.3 Å². The summed E-state index contributed by atoms with van der Waals surface area (Å²) < 4.78 is 31.8. The van der Waals surface area contributed by atoms with Gasteiger partial charge in [0.25, 0.3) is 0 Å². The molecule has 1 aromatic carbocycles. The highest BCUT2D eigenvalue weighted by molar-refractivity contribution is 5.83. The Morgan fingerprint density at radius 3 is 2.46 bits per heavy atom. The van der Waals surface area contributed by atoms with Crippen molar-refractivity contribution < 1.29 is 8.78 Å². The minimum atomic E-state index is -0.632. The number of halogens is 2. The predicted octanol–water partition coefficient (Wildman–Crippen LogP) is 6.21. The third kappa shape index (κ3) is 4.92. The Balaban J connectivity index is 1.44. The summed E-state index contributed by atoms with van der Waals surface area (Å²) in [6.07, 6.45) is 3.42. The minimum absolute atomic E-state index is 0.0142. The van der Waals surface area contributed by atoms with Gasteiger partial charge >= 0.3 is 0 Å². The van der Waals surface area contributed by atoms with Gasteiger partial charge in [-0.2, -0.15) is 0 Å². The lowest BCUT2D eigenvalue weighted by Gasteiger charge is -2.29. The number of aromatic nitrogens is 5. The lowest BCUT2D eigenvalue weighted by molar-refractivity contribution is 0.329. The Morgan fingerprint density at radius 1 is 1.00 bits per heavy atom. The standard InChI is InChI=1S/C28H33F2N7/c1-15(2)37-18(5)34-27-22(29)12-20(13-24(27)37)26-23(30)14-32-28(36-26)35-25-7-6-21(17(4)33-25)16(3)19-8-10-31-11-9-19/h6-7,12-16,19,31H,8-11H2,1-5H3,(H,32,33,35,36). The van der Waals surface area contributed by atoms with Crippen molar-refractivity contribution in [2.45, 2.75) is 59.4 Å². The fraction of sp³-hybridized carbons (Fsp3) is 0.429. The molecule has 37 heavy (non-hydrogen) atoms. The second-order valence-electron chi connectivity index (χ2n) is 10.2. The van der Waals surface area contributed by atoms with Crippen LogP contribution in [0.5, 0.6) is 0 Å². The largest absolute Gasteiger partial charge is 0.326 e. The molecule has 2 N–H and O–H groups in total. The van der Waals surface area contributed by atoms with E-state index in [-0.39, 0.29) is 23.2 Å². The maximum Gasteiger partial charge on any atom is 0.229 e. The molecule has 7 nitrogen and oxygen atoms in total. The zero-order valence-corrected chi connectivity index (χ0v) is 21.9. The minimum Gasteiger partial charge on any atom is -0.326 e. The molecule has 0 radical (unpaired) electrons. The van der Waals surface area contributed by atoms with Gasteiger partial charge in [-0.05, 0) is 89.2 Å². The fourth-order valence-electron chi connectivity index (χ4n) is 5.52. The highest BCUT2D eigenvalue weighted by atomic mass is 19.1. The Hall–Kier alpha value is -3.46. The van der Waals surface area contributed by atoms with E-state index >= 15 is 0 Å². The Labute approximate surface area is 215 Å². The highest BCUT2D eigenvalue weighted by Crippen LogP contribution is 2.33. The van der Waals surface area contributed by atoms with Crippen LogP contribution in [0.3, 0.4) is 0 Å². The van der Waals surface area contributed by atoms with Crippen molar-refractivity contribution in [3.8, 4) is 11.3 Å². The third-order valence-corrected chi connectivity index (χ3v) is 7.41. The van der Waals surface area contributed by atoms with E-state index in [2.05, 4.69) is 38.6 Å². The number of piperidine rings is 1. The molecule has 1 aliphatic heterocycles. The third-order valence-electron chi connectivity index (χ3n) is 7.41. The summed E-state index contributed by atoms with van der Waals surface area (Å²) in [5, 5.41) is 6.51. The summed E-state index contributed by atoms with van der Waals surface area (Å²) in [4.78, 5) is 17.6. The number of nitrogens with zero attached hydrogens (tertiary/aromatic N) is 5. The average Bonchev–Trinajstić information content (AvgIpc) is 3.22. The van der Waals surface area contributed by atoms with Crippen LogP contribution in [0.4, 0.5) is 20.5 Å². The van der Waals surface area contributed by atoms with Gasteiger partial charge in [-0.1, -0.05) is 13.0 Å². The summed E-state index contributed by atoms with van der Waals surface area (Å²) in [6, 6.07) is 7.07. The van der Waals surface area contributed by atoms with Gasteiger partial charge < -0.3 is 15.2 Å².